The van der Waals surface area contributed by atoms with E-state index in [1.165, 1.54) is 27.7 Å². The van der Waals surface area contributed by atoms with Crippen LogP contribution in [0.2, 0.25) is 0 Å². The molecule has 0 aliphatic heterocycles. The fraction of sp³-hybridized carbons (Fsp3) is 0.529. The van der Waals surface area contributed by atoms with Gasteiger partial charge in [-0.3, -0.25) is 9.69 Å². The Morgan fingerprint density at radius 1 is 1.43 bits per heavy atom. The number of thiazole rings is 1. The Morgan fingerprint density at radius 3 is 2.61 bits per heavy atom. The highest BCUT2D eigenvalue weighted by Crippen LogP contribution is 2.29. The van der Waals surface area contributed by atoms with Crippen LogP contribution in [0.3, 0.4) is 0 Å². The predicted octanol–water partition coefficient (Wildman–Crippen LogP) is 2.47. The third kappa shape index (κ3) is 4.28. The van der Waals surface area contributed by atoms with E-state index in [-0.39, 0.29) is 12.5 Å². The number of hydrogen-bond donors (Lipinski definition) is 1. The van der Waals surface area contributed by atoms with E-state index < -0.39 is 17.7 Å². The van der Waals surface area contributed by atoms with Gasteiger partial charge in [0, 0.05) is 12.6 Å². The molecule has 0 bridgehead atoms. The number of amides is 2. The highest BCUT2D eigenvalue weighted by atomic mass is 32.1. The van der Waals surface area contributed by atoms with Gasteiger partial charge in [-0.15, -0.1) is 5.10 Å². The lowest BCUT2D eigenvalue weighted by molar-refractivity contribution is 0.0719. The normalized spacial score (nSPS) is 12.3. The van der Waals surface area contributed by atoms with E-state index in [2.05, 4.69) is 15.1 Å². The fourth-order valence-electron chi connectivity index (χ4n) is 2.82. The first-order valence-electron chi connectivity index (χ1n) is 8.51. The van der Waals surface area contributed by atoms with Crippen molar-refractivity contribution in [1.82, 2.24) is 29.5 Å². The van der Waals surface area contributed by atoms with Crippen molar-refractivity contribution in [1.29, 1.82) is 5.26 Å². The van der Waals surface area contributed by atoms with E-state index >= 15 is 0 Å². The molecule has 2 heterocycles. The van der Waals surface area contributed by atoms with Crippen molar-refractivity contribution in [3.8, 4) is 11.2 Å². The number of hydrogen-bond acceptors (Lipinski definition) is 7. The molecule has 0 aromatic carbocycles. The molecule has 0 saturated heterocycles. The van der Waals surface area contributed by atoms with Crippen molar-refractivity contribution in [2.75, 3.05) is 13.6 Å². The van der Waals surface area contributed by atoms with Gasteiger partial charge in [0.1, 0.15) is 17.2 Å². The zero-order valence-electron chi connectivity index (χ0n) is 16.7. The van der Waals surface area contributed by atoms with Crippen molar-refractivity contribution in [2.24, 2.45) is 0 Å². The maximum Gasteiger partial charge on any atom is 0.408 e. The molecule has 10 nitrogen and oxygen atoms in total. The number of aromatic nitrogens is 4. The summed E-state index contributed by atoms with van der Waals surface area (Å²) in [7, 11) is 1.53. The maximum absolute atomic E-state index is 12.3. The number of carboxylic acid groups (broad SMARTS) is 1. The zero-order chi connectivity index (χ0) is 21.2. The Morgan fingerprint density at radius 2 is 2.07 bits per heavy atom. The van der Waals surface area contributed by atoms with Crippen LogP contribution in [-0.4, -0.2) is 65.8 Å². The average Bonchev–Trinajstić information content (AvgIpc) is 3.19. The first kappa shape index (κ1) is 21.3. The molecule has 28 heavy (non-hydrogen) atoms. The molecule has 0 fully saturated rings. The van der Waals surface area contributed by atoms with Crippen molar-refractivity contribution < 1.29 is 14.7 Å². The summed E-state index contributed by atoms with van der Waals surface area (Å²) in [6.07, 6.45) is 0.348. The largest absolute Gasteiger partial charge is 0.465 e. The first-order chi connectivity index (χ1) is 13.0. The summed E-state index contributed by atoms with van der Waals surface area (Å²) in [5.74, 6) is 0.554. The molecule has 11 heteroatoms. The summed E-state index contributed by atoms with van der Waals surface area (Å²) in [4.78, 5) is 35.8. The molecule has 0 aliphatic carbocycles. The Bertz CT molecular complexity index is 922. The highest BCUT2D eigenvalue weighted by molar-refractivity contribution is 7.16. The monoisotopic (exact) mass is 405 g/mol. The molecule has 150 valence electrons. The van der Waals surface area contributed by atoms with Gasteiger partial charge in [0.15, 0.2) is 5.82 Å². The van der Waals surface area contributed by atoms with Crippen molar-refractivity contribution in [3.05, 3.63) is 22.7 Å². The molecule has 0 spiro atoms. The molecular formula is C17H23N7O3S. The second-order valence-corrected chi connectivity index (χ2v) is 8.26. The Hall–Kier alpha value is -3.00. The molecule has 2 amide bonds. The minimum Gasteiger partial charge on any atom is -0.465 e. The lowest BCUT2D eigenvalue weighted by atomic mass is 10.0. The topological polar surface area (TPSA) is 128 Å². The number of carbonyl (C=O) groups is 2. The molecule has 2 aromatic heterocycles. The molecule has 0 radical (unpaired) electrons. The van der Waals surface area contributed by atoms with Crippen molar-refractivity contribution in [2.45, 2.75) is 46.2 Å². The molecule has 1 unspecified atom stereocenters. The van der Waals surface area contributed by atoms with Crippen LogP contribution in [0.25, 0.3) is 5.13 Å². The Labute approximate surface area is 167 Å². The van der Waals surface area contributed by atoms with Crippen LogP contribution in [0.4, 0.5) is 4.79 Å². The minimum atomic E-state index is -1.07. The lowest BCUT2D eigenvalue weighted by Crippen LogP contribution is -2.47. The van der Waals surface area contributed by atoms with Crippen LogP contribution >= 0.6 is 11.3 Å². The quantitative estimate of drug-likeness (QED) is 0.757. The number of aryl methyl sites for hydroxylation is 1. The van der Waals surface area contributed by atoms with Crippen molar-refractivity contribution in [3.63, 3.8) is 0 Å². The van der Waals surface area contributed by atoms with Gasteiger partial charge < -0.3 is 10.0 Å². The van der Waals surface area contributed by atoms with Gasteiger partial charge in [-0.2, -0.15) is 9.94 Å². The Kier molecular flexibility index (Phi) is 6.04. The molecule has 0 saturated carbocycles. The van der Waals surface area contributed by atoms with Crippen molar-refractivity contribution >= 4 is 23.3 Å². The van der Waals surface area contributed by atoms with Crippen LogP contribution in [0, 0.1) is 18.3 Å². The van der Waals surface area contributed by atoms with E-state index in [4.69, 9.17) is 5.26 Å². The summed E-state index contributed by atoms with van der Waals surface area (Å²) >= 11 is 1.10. The third-order valence-corrected chi connectivity index (χ3v) is 4.93. The van der Waals surface area contributed by atoms with Gasteiger partial charge in [-0.05, 0) is 34.6 Å². The average molecular weight is 405 g/mol. The van der Waals surface area contributed by atoms with E-state index in [0.717, 1.165) is 11.3 Å². The lowest BCUT2D eigenvalue weighted by Gasteiger charge is -2.37. The smallest absolute Gasteiger partial charge is 0.408 e. The summed E-state index contributed by atoms with van der Waals surface area (Å²) in [6, 6.07) is 1.33. The van der Waals surface area contributed by atoms with E-state index in [1.807, 2.05) is 6.07 Å². The third-order valence-electron chi connectivity index (χ3n) is 3.97. The molecule has 1 atom stereocenters. The van der Waals surface area contributed by atoms with Gasteiger partial charge in [0.05, 0.1) is 18.3 Å². The van der Waals surface area contributed by atoms with Crippen LogP contribution in [-0.2, 0) is 0 Å². The summed E-state index contributed by atoms with van der Waals surface area (Å²) in [5, 5.41) is 23.2. The number of nitrogens with zero attached hydrogens (tertiary/aromatic N) is 7. The highest BCUT2D eigenvalue weighted by Gasteiger charge is 2.35. The van der Waals surface area contributed by atoms with Gasteiger partial charge in [-0.1, -0.05) is 11.3 Å². The van der Waals surface area contributed by atoms with Crippen LogP contribution in [0.15, 0.2) is 6.20 Å². The predicted molar refractivity (Wildman–Crippen MR) is 102 cm³/mol. The van der Waals surface area contributed by atoms with Crippen LogP contribution < -0.4 is 0 Å². The molecule has 2 aromatic rings. The van der Waals surface area contributed by atoms with Crippen LogP contribution in [0.1, 0.15) is 55.1 Å². The van der Waals surface area contributed by atoms with E-state index in [0.29, 0.717) is 21.7 Å². The number of rotatable bonds is 5. The number of nitriles is 1. The zero-order valence-corrected chi connectivity index (χ0v) is 17.5. The first-order valence-corrected chi connectivity index (χ1v) is 9.33. The fourth-order valence-corrected chi connectivity index (χ4v) is 3.69. The maximum atomic E-state index is 12.3. The summed E-state index contributed by atoms with van der Waals surface area (Å²) < 4.78 is 1.47. The molecule has 1 N–H and O–H groups in total. The second-order valence-electron chi connectivity index (χ2n) is 7.25. The Balaban J connectivity index is 2.44. The SMILES string of the molecule is Cc1nc(C(C)N(C(=O)O)C(C)(C)C)n(-c2ncc(C(=O)N(C)CC#N)s2)n1. The second kappa shape index (κ2) is 7.93. The van der Waals surface area contributed by atoms with E-state index in [9.17, 15) is 14.7 Å². The molecular weight excluding hydrogens is 382 g/mol. The van der Waals surface area contributed by atoms with Gasteiger partial charge in [-0.25, -0.2) is 14.8 Å². The standard InChI is InChI=1S/C17H23N7O3S/c1-10(23(16(26)27)17(3,4)5)13-20-11(2)21-24(13)15-19-9-12(28-15)14(25)22(6)8-7-18/h9-10H,8H2,1-6H3,(H,26,27). The van der Waals surface area contributed by atoms with Gasteiger partial charge in [0.25, 0.3) is 5.91 Å². The van der Waals surface area contributed by atoms with E-state index in [1.54, 1.807) is 34.6 Å². The molecule has 0 aliphatic rings. The van der Waals surface area contributed by atoms with Gasteiger partial charge in [0.2, 0.25) is 5.13 Å². The summed E-state index contributed by atoms with van der Waals surface area (Å²) in [6.45, 7) is 8.81. The van der Waals surface area contributed by atoms with Gasteiger partial charge >= 0.3 is 6.09 Å². The molecule has 2 rings (SSSR count). The minimum absolute atomic E-state index is 0.0318. The van der Waals surface area contributed by atoms with Crippen LogP contribution in [0.5, 0.6) is 0 Å². The summed E-state index contributed by atoms with van der Waals surface area (Å²) in [5.41, 5.74) is -0.653. The number of carbonyl (C=O) groups excluding carboxylic acids is 1.